The van der Waals surface area contributed by atoms with Crippen molar-refractivity contribution < 1.29 is 14.3 Å². The molecular weight excluding hydrogens is 456 g/mol. The molecule has 0 fully saturated rings. The van der Waals surface area contributed by atoms with E-state index in [-0.39, 0.29) is 11.0 Å². The average molecular weight is 479 g/mol. The third-order valence-electron chi connectivity index (χ3n) is 5.58. The number of nitrogens with zero attached hydrogens (tertiary/aromatic N) is 2. The Balaban J connectivity index is 2.17. The van der Waals surface area contributed by atoms with E-state index in [0.29, 0.717) is 5.32 Å². The normalized spacial score (nSPS) is 12.1. The molecule has 0 amide bonds. The second-order valence-electron chi connectivity index (χ2n) is 8.30. The van der Waals surface area contributed by atoms with Crippen LogP contribution in [-0.4, -0.2) is 13.3 Å². The van der Waals surface area contributed by atoms with Crippen molar-refractivity contribution in [1.82, 2.24) is 5.27 Å². The Bertz CT molecular complexity index is 1120. The van der Waals surface area contributed by atoms with Crippen LogP contribution in [0, 0.1) is 0 Å². The number of benzene rings is 3. The molecule has 0 bridgehead atoms. The monoisotopic (exact) mass is 478 g/mol. The lowest BCUT2D eigenvalue weighted by Gasteiger charge is -2.40. The van der Waals surface area contributed by atoms with Gasteiger partial charge in [-0.05, 0) is 42.1 Å². The van der Waals surface area contributed by atoms with Crippen LogP contribution in [0.15, 0.2) is 93.9 Å². The molecule has 1 aromatic heterocycles. The van der Waals surface area contributed by atoms with Crippen molar-refractivity contribution in [3.8, 4) is 11.6 Å². The van der Waals surface area contributed by atoms with Crippen molar-refractivity contribution in [2.45, 2.75) is 25.8 Å². The first kappa shape index (κ1) is 20.6. The number of para-hydroxylation sites is 1. The van der Waals surface area contributed by atoms with E-state index in [2.05, 4.69) is 66.2 Å². The van der Waals surface area contributed by atoms with Gasteiger partial charge < -0.3 is 9.63 Å². The summed E-state index contributed by atoms with van der Waals surface area (Å²) in [4.78, 5) is 0. The molecule has 0 atom stereocenters. The van der Waals surface area contributed by atoms with Gasteiger partial charge in [0.2, 0.25) is 13.4 Å². The molecule has 0 unspecified atom stereocenters. The zero-order chi connectivity index (χ0) is 21.4. The van der Waals surface area contributed by atoms with Crippen LogP contribution in [0.5, 0.6) is 5.95 Å². The summed E-state index contributed by atoms with van der Waals surface area (Å²) < 4.78 is 7.87. The molecule has 0 spiro atoms. The number of hydrogen-bond acceptors (Lipinski definition) is 3. The van der Waals surface area contributed by atoms with Gasteiger partial charge in [0.1, 0.15) is 5.95 Å². The maximum Gasteiger partial charge on any atom is 0.253 e. The van der Waals surface area contributed by atoms with Crippen molar-refractivity contribution >= 4 is 39.7 Å². The molecule has 0 aliphatic rings. The lowest BCUT2D eigenvalue weighted by molar-refractivity contribution is -0.655. The van der Waals surface area contributed by atoms with Crippen LogP contribution in [0.3, 0.4) is 0 Å². The molecule has 0 N–H and O–H groups in total. The van der Waals surface area contributed by atoms with Gasteiger partial charge in [-0.3, -0.25) is 0 Å². The second kappa shape index (κ2) is 7.85. The first-order valence-corrected chi connectivity index (χ1v) is 12.6. The quantitative estimate of drug-likeness (QED) is 0.334. The Labute approximate surface area is 185 Å². The van der Waals surface area contributed by atoms with Crippen LogP contribution in [-0.2, 0) is 0 Å². The predicted molar refractivity (Wildman–Crippen MR) is 122 cm³/mol. The van der Waals surface area contributed by atoms with Gasteiger partial charge in [-0.15, -0.1) is 0 Å². The highest BCUT2D eigenvalue weighted by atomic mass is 79.9. The fraction of sp³-hybridized carbons (Fsp3) is 0.167. The van der Waals surface area contributed by atoms with Gasteiger partial charge in [-0.2, -0.15) is 0 Å². The largest absolute Gasteiger partial charge is 0.539 e. The van der Waals surface area contributed by atoms with Gasteiger partial charge in [0, 0.05) is 6.07 Å². The van der Waals surface area contributed by atoms with Crippen LogP contribution in [0.2, 0.25) is 5.04 Å². The third-order valence-corrected chi connectivity index (χ3v) is 12.0. The van der Waals surface area contributed by atoms with Crippen LogP contribution in [0.4, 0.5) is 0 Å². The van der Waals surface area contributed by atoms with E-state index in [1.54, 1.807) is 4.68 Å². The van der Waals surface area contributed by atoms with E-state index in [1.165, 1.54) is 0 Å². The van der Waals surface area contributed by atoms with Gasteiger partial charge in [-0.25, -0.2) is 0 Å². The summed E-state index contributed by atoms with van der Waals surface area (Å²) in [6, 6.07) is 28.4. The molecule has 1 heterocycles. The van der Waals surface area contributed by atoms with Crippen molar-refractivity contribution in [2.24, 2.45) is 0 Å². The summed E-state index contributed by atoms with van der Waals surface area (Å²) in [5.74, 6) is -0.389. The standard InChI is InChI=1S/C24H23BrN2O2Si/c1-24(2,3)30(18-12-6-4-7-13-18,19-14-8-5-9-15-19)22-23(28)29-26-27(22)21-17-11-10-16-20(21)25/h4-17H,1-3H3. The fourth-order valence-electron chi connectivity index (χ4n) is 4.39. The Morgan fingerprint density at radius 1 is 0.833 bits per heavy atom. The first-order valence-electron chi connectivity index (χ1n) is 9.83. The molecule has 30 heavy (non-hydrogen) atoms. The van der Waals surface area contributed by atoms with Gasteiger partial charge in [-0.1, -0.05) is 93.6 Å². The Hall–Kier alpha value is -2.70. The summed E-state index contributed by atoms with van der Waals surface area (Å²) in [7, 11) is -2.89. The SMILES string of the molecule is CC(C)(C)[Si](c1ccccc1)(c1ccccc1)c1c([O-])on[n+]1-c1ccccc1Br. The second-order valence-corrected chi connectivity index (χ2v) is 13.8. The van der Waals surface area contributed by atoms with Crippen molar-refractivity contribution in [2.75, 3.05) is 0 Å². The molecule has 0 aliphatic carbocycles. The van der Waals surface area contributed by atoms with Crippen molar-refractivity contribution in [3.05, 3.63) is 89.4 Å². The lowest BCUT2D eigenvalue weighted by atomic mass is 10.2. The number of rotatable bonds is 4. The molecule has 0 aliphatic heterocycles. The summed E-state index contributed by atoms with van der Waals surface area (Å²) in [5.41, 5.74) is 0.784. The number of halogens is 1. The minimum absolute atomic E-state index is 0.247. The molecule has 6 heteroatoms. The molecule has 0 saturated carbocycles. The predicted octanol–water partition coefficient (Wildman–Crippen LogP) is 3.06. The maximum absolute atomic E-state index is 13.3. The summed E-state index contributed by atoms with van der Waals surface area (Å²) >= 11 is 3.62. The molecule has 4 rings (SSSR count). The van der Waals surface area contributed by atoms with E-state index in [9.17, 15) is 5.11 Å². The molecule has 152 valence electrons. The maximum atomic E-state index is 13.3. The average Bonchev–Trinajstić information content (AvgIpc) is 3.11. The number of aromatic nitrogens is 2. The lowest BCUT2D eigenvalue weighted by Crippen LogP contribution is -2.78. The van der Waals surface area contributed by atoms with Gasteiger partial charge in [0.25, 0.3) is 5.69 Å². The van der Waals surface area contributed by atoms with Gasteiger partial charge in [0.15, 0.2) is 0 Å². The minimum Gasteiger partial charge on any atom is -0.539 e. The van der Waals surface area contributed by atoms with Crippen LogP contribution in [0.25, 0.3) is 5.69 Å². The molecule has 0 saturated heterocycles. The third kappa shape index (κ3) is 3.20. The highest BCUT2D eigenvalue weighted by molar-refractivity contribution is 9.10. The van der Waals surface area contributed by atoms with Crippen LogP contribution >= 0.6 is 15.9 Å². The molecule has 4 nitrogen and oxygen atoms in total. The Kier molecular flexibility index (Phi) is 5.38. The van der Waals surface area contributed by atoms with Crippen molar-refractivity contribution in [1.29, 1.82) is 0 Å². The molecular formula is C24H23BrN2O2Si. The highest BCUT2D eigenvalue weighted by Gasteiger charge is 2.57. The van der Waals surface area contributed by atoms with Crippen LogP contribution < -0.4 is 25.5 Å². The van der Waals surface area contributed by atoms with Gasteiger partial charge in [0.05, 0.1) is 9.74 Å². The van der Waals surface area contributed by atoms with E-state index < -0.39 is 8.07 Å². The Morgan fingerprint density at radius 2 is 1.33 bits per heavy atom. The zero-order valence-corrected chi connectivity index (χ0v) is 19.8. The van der Waals surface area contributed by atoms with E-state index in [4.69, 9.17) is 4.52 Å². The van der Waals surface area contributed by atoms with Crippen molar-refractivity contribution in [3.63, 3.8) is 0 Å². The smallest absolute Gasteiger partial charge is 0.253 e. The molecule has 0 radical (unpaired) electrons. The van der Waals surface area contributed by atoms with Crippen LogP contribution in [0.1, 0.15) is 20.8 Å². The molecule has 4 aromatic rings. The number of hydrogen-bond donors (Lipinski definition) is 0. The Morgan fingerprint density at radius 3 is 1.83 bits per heavy atom. The zero-order valence-electron chi connectivity index (χ0n) is 17.2. The molecule has 3 aromatic carbocycles. The topological polar surface area (TPSA) is 53.0 Å². The first-order chi connectivity index (χ1) is 14.4. The fourth-order valence-corrected chi connectivity index (χ4v) is 10.4. The van der Waals surface area contributed by atoms with E-state index >= 15 is 0 Å². The van der Waals surface area contributed by atoms with Gasteiger partial charge >= 0.3 is 0 Å². The highest BCUT2D eigenvalue weighted by Crippen LogP contribution is 2.36. The summed E-state index contributed by atoms with van der Waals surface area (Å²) in [5, 5.41) is 20.2. The minimum atomic E-state index is -2.89. The summed E-state index contributed by atoms with van der Waals surface area (Å²) in [6.07, 6.45) is 0. The van der Waals surface area contributed by atoms with E-state index in [1.807, 2.05) is 60.7 Å². The summed E-state index contributed by atoms with van der Waals surface area (Å²) in [6.45, 7) is 6.61. The van der Waals surface area contributed by atoms with E-state index in [0.717, 1.165) is 20.5 Å².